The summed E-state index contributed by atoms with van der Waals surface area (Å²) in [5, 5.41) is 16.0. The maximum Gasteiger partial charge on any atom is 0.0791 e. The van der Waals surface area contributed by atoms with E-state index in [9.17, 15) is 5.11 Å². The minimum Gasteiger partial charge on any atom is -0.390 e. The molecule has 1 fully saturated rings. The van der Waals surface area contributed by atoms with Crippen molar-refractivity contribution >= 4 is 0 Å². The summed E-state index contributed by atoms with van der Waals surface area (Å²) in [6.45, 7) is 8.71. The quantitative estimate of drug-likeness (QED) is 0.509. The molecule has 0 aromatic rings. The van der Waals surface area contributed by atoms with Gasteiger partial charge < -0.3 is 15.7 Å². The van der Waals surface area contributed by atoms with Gasteiger partial charge in [-0.3, -0.25) is 4.90 Å². The number of nitrogens with zero attached hydrogens (tertiary/aromatic N) is 1. The highest BCUT2D eigenvalue weighted by molar-refractivity contribution is 4.71. The molecule has 1 rings (SSSR count). The van der Waals surface area contributed by atoms with Gasteiger partial charge in [-0.05, 0) is 6.54 Å². The molecular weight excluding hydrogens is 166 g/mol. The molecule has 78 valence electrons. The Balaban J connectivity index is 2.07. The van der Waals surface area contributed by atoms with Crippen LogP contribution in [0.2, 0.25) is 0 Å². The summed E-state index contributed by atoms with van der Waals surface area (Å²) in [5.74, 6) is 0. The number of likely N-dealkylation sites (N-methyl/N-ethyl adjacent to an activating group) is 1. The van der Waals surface area contributed by atoms with Crippen LogP contribution in [0.3, 0.4) is 0 Å². The van der Waals surface area contributed by atoms with Crippen LogP contribution in [0.25, 0.3) is 0 Å². The molecule has 1 atom stereocenters. The minimum atomic E-state index is -0.224. The monoisotopic (exact) mass is 187 g/mol. The lowest BCUT2D eigenvalue weighted by molar-refractivity contribution is 0.104. The number of rotatable bonds is 5. The molecule has 13 heavy (non-hydrogen) atoms. The van der Waals surface area contributed by atoms with Crippen LogP contribution >= 0.6 is 0 Å². The molecule has 0 aliphatic carbocycles. The summed E-state index contributed by atoms with van der Waals surface area (Å²) in [6.07, 6.45) is -0.224. The van der Waals surface area contributed by atoms with Gasteiger partial charge in [0.15, 0.2) is 0 Å². The zero-order valence-corrected chi connectivity index (χ0v) is 8.42. The highest BCUT2D eigenvalue weighted by Gasteiger charge is 2.13. The first-order chi connectivity index (χ1) is 6.33. The van der Waals surface area contributed by atoms with E-state index in [4.69, 9.17) is 0 Å². The summed E-state index contributed by atoms with van der Waals surface area (Å²) in [6, 6.07) is 0. The fourth-order valence-corrected chi connectivity index (χ4v) is 1.57. The smallest absolute Gasteiger partial charge is 0.0791 e. The molecule has 0 radical (unpaired) electrons. The van der Waals surface area contributed by atoms with E-state index < -0.39 is 0 Å². The van der Waals surface area contributed by atoms with Gasteiger partial charge in [0, 0.05) is 39.3 Å². The van der Waals surface area contributed by atoms with Gasteiger partial charge >= 0.3 is 0 Å². The van der Waals surface area contributed by atoms with Gasteiger partial charge in [0.2, 0.25) is 0 Å². The zero-order valence-electron chi connectivity index (χ0n) is 8.42. The van der Waals surface area contributed by atoms with E-state index in [0.717, 1.165) is 39.3 Å². The molecule has 1 aliphatic heterocycles. The van der Waals surface area contributed by atoms with Crippen molar-refractivity contribution in [3.63, 3.8) is 0 Å². The topological polar surface area (TPSA) is 47.5 Å². The highest BCUT2D eigenvalue weighted by Crippen LogP contribution is 1.94. The molecule has 3 N–H and O–H groups in total. The molecule has 0 spiro atoms. The Hall–Kier alpha value is -0.160. The van der Waals surface area contributed by atoms with E-state index in [1.54, 1.807) is 0 Å². The third-order valence-electron chi connectivity index (χ3n) is 2.31. The number of hydrogen-bond donors (Lipinski definition) is 3. The molecule has 4 nitrogen and oxygen atoms in total. The summed E-state index contributed by atoms with van der Waals surface area (Å²) >= 11 is 0. The van der Waals surface area contributed by atoms with Gasteiger partial charge in [-0.25, -0.2) is 0 Å². The second-order valence-corrected chi connectivity index (χ2v) is 3.51. The van der Waals surface area contributed by atoms with Gasteiger partial charge in [0.1, 0.15) is 0 Å². The number of aliphatic hydroxyl groups excluding tert-OH is 1. The average Bonchev–Trinajstić information content (AvgIpc) is 2.16. The van der Waals surface area contributed by atoms with Crippen LogP contribution in [0, 0.1) is 0 Å². The first-order valence-electron chi connectivity index (χ1n) is 5.14. The van der Waals surface area contributed by atoms with Gasteiger partial charge in [-0.2, -0.15) is 0 Å². The van der Waals surface area contributed by atoms with E-state index in [0.29, 0.717) is 6.54 Å². The van der Waals surface area contributed by atoms with Crippen molar-refractivity contribution in [1.29, 1.82) is 0 Å². The van der Waals surface area contributed by atoms with Crippen LogP contribution in [-0.2, 0) is 0 Å². The Labute approximate surface area is 80.3 Å². The van der Waals surface area contributed by atoms with Crippen LogP contribution in [-0.4, -0.2) is 61.9 Å². The Bertz CT molecular complexity index is 126. The van der Waals surface area contributed by atoms with Crippen LogP contribution in [0.5, 0.6) is 0 Å². The molecule has 0 amide bonds. The van der Waals surface area contributed by atoms with E-state index >= 15 is 0 Å². The lowest BCUT2D eigenvalue weighted by Crippen LogP contribution is -2.47. The lowest BCUT2D eigenvalue weighted by Gasteiger charge is -2.29. The zero-order chi connectivity index (χ0) is 9.52. The normalized spacial score (nSPS) is 21.7. The predicted octanol–water partition coefficient (Wildman–Crippen LogP) is -1.14. The van der Waals surface area contributed by atoms with Crippen molar-refractivity contribution in [2.24, 2.45) is 0 Å². The summed E-state index contributed by atoms with van der Waals surface area (Å²) in [4.78, 5) is 2.30. The standard InChI is InChI=1S/C9H21N3O/c1-2-10-7-9(13)8-12-5-3-11-4-6-12/h9-11,13H,2-8H2,1H3. The molecule has 4 heteroatoms. The molecule has 1 saturated heterocycles. The SMILES string of the molecule is CCNCC(O)CN1CCNCC1. The molecule has 1 unspecified atom stereocenters. The van der Waals surface area contributed by atoms with Crippen LogP contribution < -0.4 is 10.6 Å². The number of nitrogens with one attached hydrogen (secondary N) is 2. The third kappa shape index (κ3) is 4.57. The second kappa shape index (κ2) is 6.32. The Morgan fingerprint density at radius 3 is 2.77 bits per heavy atom. The fraction of sp³-hybridized carbons (Fsp3) is 1.00. The van der Waals surface area contributed by atoms with Crippen molar-refractivity contribution < 1.29 is 5.11 Å². The van der Waals surface area contributed by atoms with Crippen molar-refractivity contribution in [2.75, 3.05) is 45.8 Å². The summed E-state index contributed by atoms with van der Waals surface area (Å²) < 4.78 is 0. The molecule has 0 bridgehead atoms. The third-order valence-corrected chi connectivity index (χ3v) is 2.31. The second-order valence-electron chi connectivity index (χ2n) is 3.51. The maximum atomic E-state index is 9.61. The van der Waals surface area contributed by atoms with Crippen LogP contribution in [0.4, 0.5) is 0 Å². The van der Waals surface area contributed by atoms with Crippen LogP contribution in [0.1, 0.15) is 6.92 Å². The molecule has 1 heterocycles. The summed E-state index contributed by atoms with van der Waals surface area (Å²) in [5.41, 5.74) is 0. The van der Waals surface area contributed by atoms with E-state index in [1.165, 1.54) is 0 Å². The summed E-state index contributed by atoms with van der Waals surface area (Å²) in [7, 11) is 0. The van der Waals surface area contributed by atoms with Gasteiger partial charge in [-0.1, -0.05) is 6.92 Å². The average molecular weight is 187 g/mol. The van der Waals surface area contributed by atoms with E-state index in [1.807, 2.05) is 0 Å². The number of hydrogen-bond acceptors (Lipinski definition) is 4. The first kappa shape index (κ1) is 10.9. The van der Waals surface area contributed by atoms with Crippen molar-refractivity contribution in [2.45, 2.75) is 13.0 Å². The Morgan fingerprint density at radius 2 is 2.15 bits per heavy atom. The van der Waals surface area contributed by atoms with Crippen molar-refractivity contribution in [3.05, 3.63) is 0 Å². The van der Waals surface area contributed by atoms with Gasteiger partial charge in [-0.15, -0.1) is 0 Å². The Kier molecular flexibility index (Phi) is 5.31. The Morgan fingerprint density at radius 1 is 1.46 bits per heavy atom. The number of piperazine rings is 1. The van der Waals surface area contributed by atoms with E-state index in [-0.39, 0.29) is 6.10 Å². The number of aliphatic hydroxyl groups is 1. The first-order valence-corrected chi connectivity index (χ1v) is 5.14. The largest absolute Gasteiger partial charge is 0.390 e. The van der Waals surface area contributed by atoms with Crippen molar-refractivity contribution in [3.8, 4) is 0 Å². The van der Waals surface area contributed by atoms with Gasteiger partial charge in [0.05, 0.1) is 6.10 Å². The molecule has 0 aromatic heterocycles. The molecule has 1 aliphatic rings. The van der Waals surface area contributed by atoms with Gasteiger partial charge in [0.25, 0.3) is 0 Å². The van der Waals surface area contributed by atoms with Crippen molar-refractivity contribution in [1.82, 2.24) is 15.5 Å². The fourth-order valence-electron chi connectivity index (χ4n) is 1.57. The predicted molar refractivity (Wildman–Crippen MR) is 53.9 cm³/mol. The minimum absolute atomic E-state index is 0.224. The molecule has 0 saturated carbocycles. The van der Waals surface area contributed by atoms with Crippen LogP contribution in [0.15, 0.2) is 0 Å². The number of β-amino-alcohol motifs (C(OH)–C–C–N with tert-alkyl or cyclic N) is 1. The molecular formula is C9H21N3O. The molecule has 0 aromatic carbocycles. The lowest BCUT2D eigenvalue weighted by atomic mass is 10.3. The highest BCUT2D eigenvalue weighted by atomic mass is 16.3. The van der Waals surface area contributed by atoms with E-state index in [2.05, 4.69) is 22.5 Å². The maximum absolute atomic E-state index is 9.61.